The van der Waals surface area contributed by atoms with Crippen LogP contribution in [0.4, 0.5) is 13.2 Å². The van der Waals surface area contributed by atoms with Gasteiger partial charge in [-0.15, -0.1) is 0 Å². The number of rotatable bonds is 3. The molecule has 2 rings (SSSR count). The lowest BCUT2D eigenvalue weighted by Crippen LogP contribution is -2.14. The van der Waals surface area contributed by atoms with E-state index in [9.17, 15) is 13.2 Å². The van der Waals surface area contributed by atoms with Crippen molar-refractivity contribution in [3.8, 4) is 5.75 Å². The molecule has 1 heterocycles. The van der Waals surface area contributed by atoms with Gasteiger partial charge in [0.15, 0.2) is 0 Å². The van der Waals surface area contributed by atoms with Crippen molar-refractivity contribution in [1.82, 2.24) is 4.98 Å². The largest absolute Gasteiger partial charge is 0.497 e. The topological polar surface area (TPSA) is 48.1 Å². The maximum absolute atomic E-state index is 12.5. The maximum atomic E-state index is 12.5. The molecule has 0 aliphatic heterocycles. The van der Waals surface area contributed by atoms with Crippen LogP contribution in [-0.4, -0.2) is 12.1 Å². The highest BCUT2D eigenvalue weighted by molar-refractivity contribution is 5.34. The Balaban J connectivity index is 2.26. The summed E-state index contributed by atoms with van der Waals surface area (Å²) >= 11 is 0. The van der Waals surface area contributed by atoms with Gasteiger partial charge in [-0.25, -0.2) is 0 Å². The Kier molecular flexibility index (Phi) is 3.94. The second-order valence-corrected chi connectivity index (χ2v) is 4.22. The minimum absolute atomic E-state index is 0.367. The number of halogens is 3. The molecule has 3 nitrogen and oxygen atoms in total. The molecule has 0 radical (unpaired) electrons. The van der Waals surface area contributed by atoms with Crippen LogP contribution in [0.5, 0.6) is 5.75 Å². The second-order valence-electron chi connectivity index (χ2n) is 4.22. The number of nitrogens with zero attached hydrogens (tertiary/aromatic N) is 1. The summed E-state index contributed by atoms with van der Waals surface area (Å²) in [5, 5.41) is 0. The fourth-order valence-electron chi connectivity index (χ4n) is 1.76. The van der Waals surface area contributed by atoms with Gasteiger partial charge in [0, 0.05) is 6.20 Å². The van der Waals surface area contributed by atoms with Gasteiger partial charge in [-0.1, -0.05) is 12.1 Å². The van der Waals surface area contributed by atoms with E-state index in [4.69, 9.17) is 10.5 Å². The quantitative estimate of drug-likeness (QED) is 0.940. The number of pyridine rings is 1. The molecule has 0 saturated carbocycles. The van der Waals surface area contributed by atoms with Gasteiger partial charge in [-0.05, 0) is 29.8 Å². The van der Waals surface area contributed by atoms with Crippen molar-refractivity contribution in [2.45, 2.75) is 12.2 Å². The maximum Gasteiger partial charge on any atom is 0.417 e. The summed E-state index contributed by atoms with van der Waals surface area (Å²) in [4.78, 5) is 3.79. The fourth-order valence-corrected chi connectivity index (χ4v) is 1.76. The van der Waals surface area contributed by atoms with E-state index in [-0.39, 0.29) is 0 Å². The number of alkyl halides is 3. The zero-order chi connectivity index (χ0) is 14.8. The number of methoxy groups -OCH3 is 1. The molecule has 2 N–H and O–H groups in total. The van der Waals surface area contributed by atoms with Crippen LogP contribution < -0.4 is 10.5 Å². The lowest BCUT2D eigenvalue weighted by Gasteiger charge is -2.13. The molecule has 2 aromatic rings. The van der Waals surface area contributed by atoms with Crippen LogP contribution in [0.25, 0.3) is 0 Å². The van der Waals surface area contributed by atoms with E-state index < -0.39 is 17.8 Å². The van der Waals surface area contributed by atoms with Crippen molar-refractivity contribution in [3.63, 3.8) is 0 Å². The van der Waals surface area contributed by atoms with Crippen molar-refractivity contribution in [1.29, 1.82) is 0 Å². The molecule has 20 heavy (non-hydrogen) atoms. The molecule has 1 aromatic carbocycles. The first kappa shape index (κ1) is 14.3. The molecule has 1 unspecified atom stereocenters. The molecule has 6 heteroatoms. The summed E-state index contributed by atoms with van der Waals surface area (Å²) in [5.41, 5.74) is 6.29. The van der Waals surface area contributed by atoms with E-state index >= 15 is 0 Å². The number of nitrogens with two attached hydrogens (primary N) is 1. The number of hydrogen-bond acceptors (Lipinski definition) is 3. The highest BCUT2D eigenvalue weighted by Crippen LogP contribution is 2.29. The Hall–Kier alpha value is -2.08. The normalized spacial score (nSPS) is 13.1. The first-order valence-electron chi connectivity index (χ1n) is 5.84. The average molecular weight is 282 g/mol. The van der Waals surface area contributed by atoms with Gasteiger partial charge < -0.3 is 10.5 Å². The van der Waals surface area contributed by atoms with Gasteiger partial charge in [-0.3, -0.25) is 4.98 Å². The van der Waals surface area contributed by atoms with E-state index in [1.165, 1.54) is 13.2 Å². The lowest BCUT2D eigenvalue weighted by atomic mass is 10.0. The Morgan fingerprint density at radius 2 is 1.95 bits per heavy atom. The summed E-state index contributed by atoms with van der Waals surface area (Å²) in [6, 6.07) is 8.67. The van der Waals surface area contributed by atoms with Crippen molar-refractivity contribution < 1.29 is 17.9 Å². The van der Waals surface area contributed by atoms with Crippen LogP contribution in [0, 0.1) is 0 Å². The van der Waals surface area contributed by atoms with Crippen LogP contribution in [0.3, 0.4) is 0 Å². The van der Waals surface area contributed by atoms with Gasteiger partial charge in [0.25, 0.3) is 0 Å². The van der Waals surface area contributed by atoms with Crippen molar-refractivity contribution in [2.24, 2.45) is 5.73 Å². The third-order valence-corrected chi connectivity index (χ3v) is 2.89. The summed E-state index contributed by atoms with van der Waals surface area (Å²) < 4.78 is 42.4. The first-order chi connectivity index (χ1) is 9.41. The molecule has 0 fully saturated rings. The van der Waals surface area contributed by atoms with Gasteiger partial charge in [-0.2, -0.15) is 13.2 Å². The van der Waals surface area contributed by atoms with Gasteiger partial charge >= 0.3 is 6.18 Å². The van der Waals surface area contributed by atoms with Crippen molar-refractivity contribution in [3.05, 3.63) is 59.4 Å². The summed E-state index contributed by atoms with van der Waals surface area (Å²) in [7, 11) is 1.53. The van der Waals surface area contributed by atoms with E-state index in [2.05, 4.69) is 4.98 Å². The summed E-state index contributed by atoms with van der Waals surface area (Å²) in [6.07, 6.45) is -3.61. The van der Waals surface area contributed by atoms with Crippen molar-refractivity contribution in [2.75, 3.05) is 7.11 Å². The second kappa shape index (κ2) is 5.50. The van der Waals surface area contributed by atoms with Crippen LogP contribution in [0.15, 0.2) is 42.6 Å². The third kappa shape index (κ3) is 3.08. The molecule has 1 atom stereocenters. The number of hydrogen-bond donors (Lipinski definition) is 1. The minimum Gasteiger partial charge on any atom is -0.497 e. The SMILES string of the molecule is COc1cccc(C(N)c2ccc(C(F)(F)F)cn2)c1. The Morgan fingerprint density at radius 1 is 1.20 bits per heavy atom. The summed E-state index contributed by atoms with van der Waals surface area (Å²) in [6.45, 7) is 0. The van der Waals surface area contributed by atoms with Crippen LogP contribution in [-0.2, 0) is 6.18 Å². The van der Waals surface area contributed by atoms with Gasteiger partial charge in [0.05, 0.1) is 24.4 Å². The number of aromatic nitrogens is 1. The monoisotopic (exact) mass is 282 g/mol. The van der Waals surface area contributed by atoms with Gasteiger partial charge in [0.2, 0.25) is 0 Å². The Morgan fingerprint density at radius 3 is 2.50 bits per heavy atom. The smallest absolute Gasteiger partial charge is 0.417 e. The third-order valence-electron chi connectivity index (χ3n) is 2.89. The van der Waals surface area contributed by atoms with Crippen LogP contribution >= 0.6 is 0 Å². The predicted octanol–water partition coefficient (Wildman–Crippen LogP) is 3.16. The predicted molar refractivity (Wildman–Crippen MR) is 68.3 cm³/mol. The zero-order valence-electron chi connectivity index (χ0n) is 10.7. The van der Waals surface area contributed by atoms with E-state index in [0.717, 1.165) is 17.8 Å². The highest BCUT2D eigenvalue weighted by atomic mass is 19.4. The molecule has 0 saturated heterocycles. The number of ether oxygens (including phenoxy) is 1. The Bertz CT molecular complexity index is 582. The molecule has 0 bridgehead atoms. The molecule has 1 aromatic heterocycles. The molecule has 0 aliphatic carbocycles. The average Bonchev–Trinajstić information content (AvgIpc) is 2.46. The molecular formula is C14H13F3N2O. The van der Waals surface area contributed by atoms with E-state index in [1.54, 1.807) is 24.3 Å². The lowest BCUT2D eigenvalue weighted by molar-refractivity contribution is -0.137. The van der Waals surface area contributed by atoms with Crippen LogP contribution in [0.2, 0.25) is 0 Å². The minimum atomic E-state index is -4.40. The zero-order valence-corrected chi connectivity index (χ0v) is 10.7. The molecule has 0 aliphatic rings. The van der Waals surface area contributed by atoms with E-state index in [0.29, 0.717) is 11.4 Å². The molecule has 0 amide bonds. The molecule has 0 spiro atoms. The number of benzene rings is 1. The van der Waals surface area contributed by atoms with Gasteiger partial charge in [0.1, 0.15) is 5.75 Å². The standard InChI is InChI=1S/C14H13F3N2O/c1-20-11-4-2-3-9(7-11)13(18)12-6-5-10(8-19-12)14(15,16)17/h2-8,13H,18H2,1H3. The van der Waals surface area contributed by atoms with Crippen LogP contribution in [0.1, 0.15) is 22.9 Å². The molecule has 106 valence electrons. The first-order valence-corrected chi connectivity index (χ1v) is 5.84. The van der Waals surface area contributed by atoms with Crippen molar-refractivity contribution >= 4 is 0 Å². The van der Waals surface area contributed by atoms with E-state index in [1.807, 2.05) is 0 Å². The fraction of sp³-hybridized carbons (Fsp3) is 0.214. The molecular weight excluding hydrogens is 269 g/mol. The Labute approximate surface area is 114 Å². The highest BCUT2D eigenvalue weighted by Gasteiger charge is 2.30. The summed E-state index contributed by atoms with van der Waals surface area (Å²) in [5.74, 6) is 0.630.